The van der Waals surface area contributed by atoms with Crippen molar-refractivity contribution in [1.29, 1.82) is 0 Å². The first-order valence-corrected chi connectivity index (χ1v) is 10.5. The van der Waals surface area contributed by atoms with Crippen molar-refractivity contribution in [3.05, 3.63) is 51.7 Å². The molecule has 6 nitrogen and oxygen atoms in total. The number of rotatable bonds is 5. The summed E-state index contributed by atoms with van der Waals surface area (Å²) in [5, 5.41) is 3.01. The first-order chi connectivity index (χ1) is 13.5. The van der Waals surface area contributed by atoms with Gasteiger partial charge in [0.15, 0.2) is 0 Å². The minimum absolute atomic E-state index is 0.139. The number of esters is 1. The number of halogens is 1. The minimum Gasteiger partial charge on any atom is -0.466 e. The predicted molar refractivity (Wildman–Crippen MR) is 117 cm³/mol. The number of nitrogens with one attached hydrogen (secondary N) is 1. The van der Waals surface area contributed by atoms with Gasteiger partial charge in [0, 0.05) is 22.0 Å². The molecule has 1 aromatic heterocycles. The second-order valence-electron chi connectivity index (χ2n) is 6.82. The van der Waals surface area contributed by atoms with Gasteiger partial charge in [0.25, 0.3) is 0 Å². The number of anilines is 2. The summed E-state index contributed by atoms with van der Waals surface area (Å²) in [6.45, 7) is 4.72. The van der Waals surface area contributed by atoms with Crippen LogP contribution in [0.15, 0.2) is 42.6 Å². The van der Waals surface area contributed by atoms with Crippen LogP contribution in [0.2, 0.25) is 0 Å². The first kappa shape index (κ1) is 20.6. The normalized spacial score (nSPS) is 19.2. The van der Waals surface area contributed by atoms with Gasteiger partial charge >= 0.3 is 5.97 Å². The fraction of sp³-hybridized carbons (Fsp3) is 0.381. The topological polar surface area (TPSA) is 71.5 Å². The van der Waals surface area contributed by atoms with Gasteiger partial charge in [-0.05, 0) is 85.2 Å². The summed E-state index contributed by atoms with van der Waals surface area (Å²) in [6.07, 6.45) is 2.76. The number of pyridine rings is 1. The van der Waals surface area contributed by atoms with Gasteiger partial charge in [0.05, 0.1) is 12.5 Å². The third-order valence-corrected chi connectivity index (χ3v) is 6.10. The van der Waals surface area contributed by atoms with Gasteiger partial charge in [0.1, 0.15) is 11.9 Å². The summed E-state index contributed by atoms with van der Waals surface area (Å²) in [6, 6.07) is 11.0. The molecule has 3 rings (SSSR count). The fourth-order valence-electron chi connectivity index (χ4n) is 3.43. The highest BCUT2D eigenvalue weighted by atomic mass is 127. The van der Waals surface area contributed by atoms with Crippen LogP contribution in [-0.2, 0) is 14.3 Å². The highest BCUT2D eigenvalue weighted by molar-refractivity contribution is 14.1. The van der Waals surface area contributed by atoms with Gasteiger partial charge in [-0.2, -0.15) is 0 Å². The molecule has 0 spiro atoms. The van der Waals surface area contributed by atoms with Crippen LogP contribution in [-0.4, -0.2) is 36.1 Å². The SMILES string of the molecule is CCOC(=O)C1CCN(c2ccccn2)C(C(=O)Nc2ccc(I)c(C)c2)C1. The smallest absolute Gasteiger partial charge is 0.309 e. The molecule has 0 bridgehead atoms. The number of hydrogen-bond donors (Lipinski definition) is 1. The number of aryl methyl sites for hydroxylation is 1. The number of hydrogen-bond acceptors (Lipinski definition) is 5. The van der Waals surface area contributed by atoms with Crippen molar-refractivity contribution < 1.29 is 14.3 Å². The zero-order valence-electron chi connectivity index (χ0n) is 16.0. The second-order valence-corrected chi connectivity index (χ2v) is 7.99. The lowest BCUT2D eigenvalue weighted by Gasteiger charge is -2.38. The molecule has 0 radical (unpaired) electrons. The largest absolute Gasteiger partial charge is 0.466 e. The molecule has 28 heavy (non-hydrogen) atoms. The molecular formula is C21H24IN3O3. The number of aromatic nitrogens is 1. The number of nitrogens with zero attached hydrogens (tertiary/aromatic N) is 2. The van der Waals surface area contributed by atoms with E-state index in [0.717, 1.165) is 20.6 Å². The number of amides is 1. The molecule has 7 heteroatoms. The molecule has 1 fully saturated rings. The Bertz CT molecular complexity index is 844. The molecule has 1 amide bonds. The molecule has 0 aliphatic carbocycles. The van der Waals surface area contributed by atoms with Crippen LogP contribution in [0, 0.1) is 16.4 Å². The van der Waals surface area contributed by atoms with Crippen molar-refractivity contribution in [2.75, 3.05) is 23.4 Å². The highest BCUT2D eigenvalue weighted by Crippen LogP contribution is 2.29. The minimum atomic E-state index is -0.488. The number of piperidine rings is 1. The summed E-state index contributed by atoms with van der Waals surface area (Å²) in [7, 11) is 0. The average molecular weight is 493 g/mol. The number of benzene rings is 1. The molecule has 1 aliphatic heterocycles. The molecular weight excluding hydrogens is 469 g/mol. The van der Waals surface area contributed by atoms with E-state index in [1.165, 1.54) is 0 Å². The number of carbonyl (C=O) groups excluding carboxylic acids is 2. The van der Waals surface area contributed by atoms with Crippen LogP contribution in [0.4, 0.5) is 11.5 Å². The van der Waals surface area contributed by atoms with Gasteiger partial charge in [-0.3, -0.25) is 9.59 Å². The summed E-state index contributed by atoms with van der Waals surface area (Å²) in [5.74, 6) is 0.0872. The lowest BCUT2D eigenvalue weighted by molar-refractivity contribution is -0.149. The lowest BCUT2D eigenvalue weighted by atomic mass is 9.90. The molecule has 2 aromatic rings. The van der Waals surface area contributed by atoms with Gasteiger partial charge in [0.2, 0.25) is 5.91 Å². The van der Waals surface area contributed by atoms with E-state index in [4.69, 9.17) is 4.74 Å². The standard InChI is InChI=1S/C21H24IN3O3/c1-3-28-21(27)15-9-11-25(19-6-4-5-10-23-19)18(13-15)20(26)24-16-7-8-17(22)14(2)12-16/h4-8,10,12,15,18H,3,9,11,13H2,1-2H3,(H,24,26). The Labute approximate surface area is 178 Å². The van der Waals surface area contributed by atoms with Crippen molar-refractivity contribution in [2.24, 2.45) is 5.92 Å². The van der Waals surface area contributed by atoms with E-state index in [-0.39, 0.29) is 17.8 Å². The Morgan fingerprint density at radius 2 is 2.14 bits per heavy atom. The van der Waals surface area contributed by atoms with Gasteiger partial charge < -0.3 is 15.0 Å². The van der Waals surface area contributed by atoms with E-state index >= 15 is 0 Å². The average Bonchev–Trinajstić information content (AvgIpc) is 2.71. The zero-order chi connectivity index (χ0) is 20.1. The van der Waals surface area contributed by atoms with Crippen molar-refractivity contribution in [3.63, 3.8) is 0 Å². The van der Waals surface area contributed by atoms with Gasteiger partial charge in [-0.15, -0.1) is 0 Å². The Balaban J connectivity index is 1.82. The molecule has 2 unspecified atom stereocenters. The van der Waals surface area contributed by atoms with Crippen molar-refractivity contribution in [3.8, 4) is 0 Å². The van der Waals surface area contributed by atoms with Crippen molar-refractivity contribution in [2.45, 2.75) is 32.7 Å². The van der Waals surface area contributed by atoms with Crippen LogP contribution >= 0.6 is 22.6 Å². The van der Waals surface area contributed by atoms with Gasteiger partial charge in [-0.25, -0.2) is 4.98 Å². The Morgan fingerprint density at radius 1 is 1.32 bits per heavy atom. The van der Waals surface area contributed by atoms with Crippen LogP contribution < -0.4 is 10.2 Å². The second kappa shape index (κ2) is 9.36. The maximum atomic E-state index is 13.1. The predicted octanol–water partition coefficient (Wildman–Crippen LogP) is 3.78. The fourth-order valence-corrected chi connectivity index (χ4v) is 3.77. The lowest BCUT2D eigenvalue weighted by Crippen LogP contribution is -2.51. The van der Waals surface area contributed by atoms with E-state index in [0.29, 0.717) is 26.0 Å². The molecule has 1 aliphatic rings. The van der Waals surface area contributed by atoms with Gasteiger partial charge in [-0.1, -0.05) is 6.07 Å². The van der Waals surface area contributed by atoms with Crippen LogP contribution in [0.3, 0.4) is 0 Å². The summed E-state index contributed by atoms with van der Waals surface area (Å²) in [5.41, 5.74) is 1.86. The van der Waals surface area contributed by atoms with E-state index in [9.17, 15) is 9.59 Å². The zero-order valence-corrected chi connectivity index (χ0v) is 18.2. The number of ether oxygens (including phenoxy) is 1. The van der Waals surface area contributed by atoms with E-state index in [1.807, 2.05) is 48.2 Å². The molecule has 1 N–H and O–H groups in total. The Hall–Kier alpha value is -2.16. The van der Waals surface area contributed by atoms with Crippen molar-refractivity contribution in [1.82, 2.24) is 4.98 Å². The summed E-state index contributed by atoms with van der Waals surface area (Å²) in [4.78, 5) is 31.8. The van der Waals surface area contributed by atoms with Crippen LogP contribution in [0.5, 0.6) is 0 Å². The molecule has 0 saturated carbocycles. The quantitative estimate of drug-likeness (QED) is 0.507. The third kappa shape index (κ3) is 4.81. The molecule has 2 heterocycles. The first-order valence-electron chi connectivity index (χ1n) is 9.41. The van der Waals surface area contributed by atoms with E-state index in [2.05, 4.69) is 32.9 Å². The Kier molecular flexibility index (Phi) is 6.88. The Morgan fingerprint density at radius 3 is 2.82 bits per heavy atom. The summed E-state index contributed by atoms with van der Waals surface area (Å²) < 4.78 is 6.34. The molecule has 1 aromatic carbocycles. The molecule has 1 saturated heterocycles. The highest BCUT2D eigenvalue weighted by Gasteiger charge is 2.37. The van der Waals surface area contributed by atoms with Crippen LogP contribution in [0.25, 0.3) is 0 Å². The van der Waals surface area contributed by atoms with Crippen molar-refractivity contribution >= 4 is 46.0 Å². The third-order valence-electron chi connectivity index (χ3n) is 4.89. The van der Waals surface area contributed by atoms with E-state index < -0.39 is 6.04 Å². The monoisotopic (exact) mass is 493 g/mol. The summed E-state index contributed by atoms with van der Waals surface area (Å²) >= 11 is 2.27. The van der Waals surface area contributed by atoms with E-state index in [1.54, 1.807) is 13.1 Å². The number of carbonyl (C=O) groups is 2. The maximum Gasteiger partial charge on any atom is 0.309 e. The molecule has 148 valence electrons. The van der Waals surface area contributed by atoms with Crippen LogP contribution in [0.1, 0.15) is 25.3 Å². The molecule has 2 atom stereocenters. The maximum absolute atomic E-state index is 13.1.